The Morgan fingerprint density at radius 2 is 2.10 bits per heavy atom. The van der Waals surface area contributed by atoms with Crippen molar-refractivity contribution in [1.29, 1.82) is 0 Å². The smallest absolute Gasteiger partial charge is 0.270 e. The molecule has 1 aliphatic rings. The first-order chi connectivity index (χ1) is 15.0. The van der Waals surface area contributed by atoms with Crippen molar-refractivity contribution in [2.75, 3.05) is 18.4 Å². The fraction of sp³-hybridized carbons (Fsp3) is 0.300. The van der Waals surface area contributed by atoms with E-state index in [0.717, 1.165) is 37.7 Å². The summed E-state index contributed by atoms with van der Waals surface area (Å²) in [5.41, 5.74) is 1.88. The van der Waals surface area contributed by atoms with Crippen molar-refractivity contribution in [3.05, 3.63) is 63.7 Å². The highest BCUT2D eigenvalue weighted by Crippen LogP contribution is 2.32. The fourth-order valence-corrected chi connectivity index (χ4v) is 4.32. The minimum atomic E-state index is -0.526. The van der Waals surface area contributed by atoms with Gasteiger partial charge in [-0.15, -0.1) is 5.10 Å². The predicted octanol–water partition coefficient (Wildman–Crippen LogP) is 2.99. The number of nitro benzene ring substituents is 1. The van der Waals surface area contributed by atoms with Crippen LogP contribution in [0.2, 0.25) is 0 Å². The zero-order valence-corrected chi connectivity index (χ0v) is 17.6. The first-order valence-corrected chi connectivity index (χ1v) is 10.6. The van der Waals surface area contributed by atoms with Crippen LogP contribution < -0.4 is 10.6 Å². The Morgan fingerprint density at radius 3 is 2.74 bits per heavy atom. The largest absolute Gasteiger partial charge is 0.322 e. The van der Waals surface area contributed by atoms with E-state index in [1.54, 1.807) is 7.05 Å². The number of nitrogens with one attached hydrogen (secondary N) is 2. The Bertz CT molecular complexity index is 1090. The number of piperidine rings is 1. The number of hydrogen-bond acceptors (Lipinski definition) is 8. The highest BCUT2D eigenvalue weighted by molar-refractivity contribution is 7.99. The second-order valence-corrected chi connectivity index (χ2v) is 8.25. The summed E-state index contributed by atoms with van der Waals surface area (Å²) in [6.07, 6.45) is 2.29. The molecule has 1 fully saturated rings. The van der Waals surface area contributed by atoms with Gasteiger partial charge < -0.3 is 10.6 Å². The average molecular weight is 440 g/mol. The lowest BCUT2D eigenvalue weighted by atomic mass is 9.91. The minimum absolute atomic E-state index is 0.161. The number of aromatic nitrogens is 4. The van der Waals surface area contributed by atoms with Gasteiger partial charge in [0.25, 0.3) is 11.6 Å². The molecule has 0 radical (unpaired) electrons. The molecule has 0 aliphatic carbocycles. The van der Waals surface area contributed by atoms with Crippen LogP contribution in [0.15, 0.2) is 52.5 Å². The van der Waals surface area contributed by atoms with E-state index in [-0.39, 0.29) is 11.3 Å². The Kier molecular flexibility index (Phi) is 6.23. The van der Waals surface area contributed by atoms with E-state index in [9.17, 15) is 14.9 Å². The summed E-state index contributed by atoms with van der Waals surface area (Å²) in [4.78, 5) is 24.2. The molecule has 3 aromatic rings. The summed E-state index contributed by atoms with van der Waals surface area (Å²) in [7, 11) is 1.68. The number of carbonyl (C=O) groups is 1. The van der Waals surface area contributed by atoms with Crippen LogP contribution in [-0.2, 0) is 7.05 Å². The molecule has 1 amide bonds. The van der Waals surface area contributed by atoms with E-state index in [1.165, 1.54) is 28.4 Å². The number of hydrogen-bond donors (Lipinski definition) is 2. The van der Waals surface area contributed by atoms with Gasteiger partial charge in [-0.3, -0.25) is 14.9 Å². The highest BCUT2D eigenvalue weighted by atomic mass is 32.2. The van der Waals surface area contributed by atoms with E-state index in [2.05, 4.69) is 26.2 Å². The van der Waals surface area contributed by atoms with Gasteiger partial charge in [0.1, 0.15) is 0 Å². The molecule has 0 saturated carbocycles. The fourth-order valence-electron chi connectivity index (χ4n) is 3.48. The minimum Gasteiger partial charge on any atom is -0.322 e. The first-order valence-electron chi connectivity index (χ1n) is 9.82. The number of non-ortho nitro benzene ring substituents is 1. The van der Waals surface area contributed by atoms with E-state index in [0.29, 0.717) is 21.7 Å². The quantitative estimate of drug-likeness (QED) is 0.443. The monoisotopic (exact) mass is 439 g/mol. The number of nitro groups is 1. The number of rotatable bonds is 6. The predicted molar refractivity (Wildman–Crippen MR) is 115 cm³/mol. The van der Waals surface area contributed by atoms with Crippen LogP contribution >= 0.6 is 11.8 Å². The molecular formula is C20H21N7O3S. The molecule has 1 aromatic heterocycles. The average Bonchev–Trinajstić information content (AvgIpc) is 3.19. The maximum absolute atomic E-state index is 13.0. The molecule has 31 heavy (non-hydrogen) atoms. The van der Waals surface area contributed by atoms with E-state index in [1.807, 2.05) is 24.3 Å². The SMILES string of the molecule is Cn1nnnc1Sc1ccc([N+](=O)[O-])cc1C(=O)Nc1ccc(C2CCCNC2)cc1. The summed E-state index contributed by atoms with van der Waals surface area (Å²) in [5, 5.41) is 29.2. The summed E-state index contributed by atoms with van der Waals surface area (Å²) >= 11 is 1.16. The van der Waals surface area contributed by atoms with Gasteiger partial charge in [0.2, 0.25) is 5.16 Å². The van der Waals surface area contributed by atoms with Crippen LogP contribution in [-0.4, -0.2) is 44.1 Å². The number of tetrazole rings is 1. The first kappa shape index (κ1) is 20.9. The molecule has 1 atom stereocenters. The maximum Gasteiger partial charge on any atom is 0.270 e. The maximum atomic E-state index is 13.0. The van der Waals surface area contributed by atoms with Crippen LogP contribution in [0.3, 0.4) is 0 Å². The third-order valence-corrected chi connectivity index (χ3v) is 6.24. The molecule has 2 N–H and O–H groups in total. The van der Waals surface area contributed by atoms with Gasteiger partial charge in [-0.25, -0.2) is 4.68 Å². The molecule has 2 heterocycles. The molecule has 1 aliphatic heterocycles. The number of anilines is 1. The second-order valence-electron chi connectivity index (χ2n) is 7.24. The van der Waals surface area contributed by atoms with Crippen molar-refractivity contribution in [2.24, 2.45) is 7.05 Å². The third-order valence-electron chi connectivity index (χ3n) is 5.14. The molecule has 1 saturated heterocycles. The Labute approximate surface area is 182 Å². The van der Waals surface area contributed by atoms with Crippen molar-refractivity contribution in [3.8, 4) is 0 Å². The van der Waals surface area contributed by atoms with Crippen LogP contribution in [0.5, 0.6) is 0 Å². The van der Waals surface area contributed by atoms with Gasteiger partial charge in [-0.2, -0.15) is 0 Å². The van der Waals surface area contributed by atoms with Gasteiger partial charge in [-0.05, 0) is 71.3 Å². The molecule has 160 valence electrons. The van der Waals surface area contributed by atoms with Crippen molar-refractivity contribution >= 4 is 29.0 Å². The molecule has 1 unspecified atom stereocenters. The van der Waals surface area contributed by atoms with Crippen LogP contribution in [0, 0.1) is 10.1 Å². The van der Waals surface area contributed by atoms with E-state index in [4.69, 9.17) is 0 Å². The van der Waals surface area contributed by atoms with E-state index >= 15 is 0 Å². The van der Waals surface area contributed by atoms with Gasteiger partial charge in [0.05, 0.1) is 10.5 Å². The van der Waals surface area contributed by atoms with Gasteiger partial charge >= 0.3 is 0 Å². The standard InChI is InChI=1S/C20H21N7O3S/c1-26-20(23-24-25-26)31-18-9-8-16(27(29)30)11-17(18)19(28)22-15-6-4-13(5-7-15)14-3-2-10-21-12-14/h4-9,11,14,21H,2-3,10,12H2,1H3,(H,22,28). The van der Waals surface area contributed by atoms with E-state index < -0.39 is 10.8 Å². The zero-order chi connectivity index (χ0) is 21.8. The number of aryl methyl sites for hydroxylation is 1. The summed E-state index contributed by atoms with van der Waals surface area (Å²) in [6.45, 7) is 2.01. The van der Waals surface area contributed by atoms with Gasteiger partial charge in [0.15, 0.2) is 0 Å². The number of carbonyl (C=O) groups excluding carboxylic acids is 1. The summed E-state index contributed by atoms with van der Waals surface area (Å²) in [6, 6.07) is 11.9. The molecule has 11 heteroatoms. The third kappa shape index (κ3) is 4.89. The van der Waals surface area contributed by atoms with Crippen molar-refractivity contribution in [3.63, 3.8) is 0 Å². The van der Waals surface area contributed by atoms with Crippen molar-refractivity contribution in [2.45, 2.75) is 28.8 Å². The normalized spacial score (nSPS) is 16.1. The molecular weight excluding hydrogens is 418 g/mol. The Balaban J connectivity index is 1.55. The molecule has 4 rings (SSSR count). The van der Waals surface area contributed by atoms with Crippen LogP contribution in [0.1, 0.15) is 34.7 Å². The van der Waals surface area contributed by atoms with Crippen molar-refractivity contribution < 1.29 is 9.72 Å². The number of amides is 1. The second kappa shape index (κ2) is 9.23. The molecule has 2 aromatic carbocycles. The van der Waals surface area contributed by atoms with Crippen LogP contribution in [0.25, 0.3) is 0 Å². The summed E-state index contributed by atoms with van der Waals surface area (Å²) in [5.74, 6) is 0.0340. The topological polar surface area (TPSA) is 128 Å². The van der Waals surface area contributed by atoms with Gasteiger partial charge in [0, 0.05) is 36.3 Å². The number of nitrogens with zero attached hydrogens (tertiary/aromatic N) is 5. The highest BCUT2D eigenvalue weighted by Gasteiger charge is 2.20. The zero-order valence-electron chi connectivity index (χ0n) is 16.8. The molecule has 10 nitrogen and oxygen atoms in total. The number of benzene rings is 2. The van der Waals surface area contributed by atoms with Gasteiger partial charge in [-0.1, -0.05) is 12.1 Å². The lowest BCUT2D eigenvalue weighted by Gasteiger charge is -2.23. The lowest BCUT2D eigenvalue weighted by Crippen LogP contribution is -2.28. The molecule has 0 spiro atoms. The molecule has 0 bridgehead atoms. The van der Waals surface area contributed by atoms with Crippen LogP contribution in [0.4, 0.5) is 11.4 Å². The van der Waals surface area contributed by atoms with Crippen molar-refractivity contribution in [1.82, 2.24) is 25.5 Å². The lowest BCUT2D eigenvalue weighted by molar-refractivity contribution is -0.384. The Hall–Kier alpha value is -3.31. The summed E-state index contributed by atoms with van der Waals surface area (Å²) < 4.78 is 1.46. The Morgan fingerprint density at radius 1 is 1.29 bits per heavy atom.